The van der Waals surface area contributed by atoms with E-state index in [2.05, 4.69) is 19.9 Å². The van der Waals surface area contributed by atoms with Crippen molar-refractivity contribution in [2.75, 3.05) is 13.1 Å². The van der Waals surface area contributed by atoms with Crippen molar-refractivity contribution in [3.63, 3.8) is 0 Å². The lowest BCUT2D eigenvalue weighted by Gasteiger charge is -2.23. The van der Waals surface area contributed by atoms with E-state index in [9.17, 15) is 29.6 Å². The van der Waals surface area contributed by atoms with Gasteiger partial charge in [0, 0.05) is 66.2 Å². The van der Waals surface area contributed by atoms with Gasteiger partial charge in [-0.15, -0.1) is 0 Å². The second-order valence-electron chi connectivity index (χ2n) is 15.5. The molecular formula is C47H45N7O9. The maximum Gasteiger partial charge on any atom is 0.410 e. The molecule has 6 heterocycles. The Morgan fingerprint density at radius 1 is 0.683 bits per heavy atom. The number of hydrogen-bond donors (Lipinski definition) is 3. The number of likely N-dealkylation sites (tertiary alicyclic amines) is 2. The average molecular weight is 852 g/mol. The number of nitrogens with one attached hydrogen (secondary N) is 2. The molecule has 2 aliphatic rings. The quantitative estimate of drug-likeness (QED) is 0.0502. The number of esters is 1. The number of aromatic nitrogens is 4. The first kappa shape index (κ1) is 42.1. The largest absolute Gasteiger partial charge is 0.457 e. The van der Waals surface area contributed by atoms with Gasteiger partial charge < -0.3 is 39.1 Å². The van der Waals surface area contributed by atoms with Gasteiger partial charge in [0.2, 0.25) is 0 Å². The van der Waals surface area contributed by atoms with Gasteiger partial charge in [0.05, 0.1) is 29.7 Å². The highest BCUT2D eigenvalue weighted by Crippen LogP contribution is 2.29. The van der Waals surface area contributed by atoms with Crippen LogP contribution < -0.4 is 0 Å². The number of nitro groups is 1. The van der Waals surface area contributed by atoms with E-state index < -0.39 is 29.2 Å². The number of hydrogen-bond acceptors (Lipinski definition) is 11. The second kappa shape index (κ2) is 19.4. The van der Waals surface area contributed by atoms with Crippen molar-refractivity contribution in [3.05, 3.63) is 172 Å². The number of pyridine rings is 2. The monoisotopic (exact) mass is 851 g/mol. The molecule has 16 heteroatoms. The molecule has 0 unspecified atom stereocenters. The molecule has 63 heavy (non-hydrogen) atoms. The van der Waals surface area contributed by atoms with Gasteiger partial charge in [-0.1, -0.05) is 60.7 Å². The van der Waals surface area contributed by atoms with Crippen LogP contribution in [0.5, 0.6) is 0 Å². The molecule has 322 valence electrons. The fourth-order valence-corrected chi connectivity index (χ4v) is 8.10. The molecule has 7 aromatic rings. The van der Waals surface area contributed by atoms with Crippen LogP contribution in [0.3, 0.4) is 0 Å². The van der Waals surface area contributed by atoms with Crippen LogP contribution in [0.4, 0.5) is 15.3 Å². The number of carbonyl (C=O) groups excluding carboxylic acids is 3. The fraction of sp³-hybridized carbons (Fsp3) is 0.255. The Balaban J connectivity index is 0.000000184. The standard InChI is InChI=1S/C27H24N4O6.C20H21N3O3/c32-26(19-8-10-21(11-9-19)31(34)35)37-23-14-22(13-20-15-29-25-24(20)7-4-12-28-25)30(16-23)27(33)36-17-18-5-2-1-3-6-18;24-17-10-16(9-15-11-22-19-18(15)7-4-8-21-19)23(12-17)20(25)26-13-14-5-2-1-3-6-14/h1-12,15,22-23H,13-14,16-17H2,(H,28,29);1-8,11,16-17,24H,9-10,12-13H2,(H,21,22)/t22-,23+;16-,17+/m11/s1. The Hall–Kier alpha value is -7.59. The van der Waals surface area contributed by atoms with Gasteiger partial charge in [0.25, 0.3) is 5.69 Å². The summed E-state index contributed by atoms with van der Waals surface area (Å²) in [6, 6.07) is 31.6. The number of nitrogens with zero attached hydrogens (tertiary/aromatic N) is 5. The van der Waals surface area contributed by atoms with Gasteiger partial charge in [-0.2, -0.15) is 0 Å². The molecule has 2 saturated heterocycles. The summed E-state index contributed by atoms with van der Waals surface area (Å²) in [6.07, 6.45) is 7.47. The van der Waals surface area contributed by atoms with Crippen LogP contribution >= 0.6 is 0 Å². The summed E-state index contributed by atoms with van der Waals surface area (Å²) in [5.41, 5.74) is 5.58. The minimum absolute atomic E-state index is 0.0903. The summed E-state index contributed by atoms with van der Waals surface area (Å²) in [4.78, 5) is 66.9. The SMILES string of the molecule is O=C(OCc1ccccc1)N1C[C@@H](O)C[C@H]1Cc1c[nH]c2ncccc12.O=C(O[C@H]1C[C@@H](Cc2c[nH]c3ncccc23)N(C(=O)OCc2ccccc2)C1)c1ccc([N+](=O)[O-])cc1. The number of aliphatic hydroxyl groups is 1. The number of β-amino-alcohol motifs (C(OH)–C–C–N with tert-alkyl or cyclic N) is 1. The molecule has 0 spiro atoms. The van der Waals surface area contributed by atoms with Crippen molar-refractivity contribution in [2.45, 2.75) is 63.2 Å². The summed E-state index contributed by atoms with van der Waals surface area (Å²) >= 11 is 0. The number of carbonyl (C=O) groups is 3. The van der Waals surface area contributed by atoms with Crippen molar-refractivity contribution < 1.29 is 38.6 Å². The molecule has 9 rings (SSSR count). The number of amides is 2. The van der Waals surface area contributed by atoms with Gasteiger partial charge in [-0.3, -0.25) is 10.1 Å². The highest BCUT2D eigenvalue weighted by atomic mass is 16.6. The minimum atomic E-state index is -0.602. The first-order valence-corrected chi connectivity index (χ1v) is 20.6. The summed E-state index contributed by atoms with van der Waals surface area (Å²) in [5.74, 6) is -0.602. The molecule has 0 saturated carbocycles. The number of aliphatic hydroxyl groups excluding tert-OH is 1. The van der Waals surface area contributed by atoms with E-state index in [0.29, 0.717) is 32.2 Å². The molecule has 0 radical (unpaired) electrons. The second-order valence-corrected chi connectivity index (χ2v) is 15.5. The molecule has 0 aliphatic carbocycles. The van der Waals surface area contributed by atoms with Gasteiger partial charge in [0.1, 0.15) is 30.6 Å². The third-order valence-corrected chi connectivity index (χ3v) is 11.2. The molecule has 4 aromatic heterocycles. The Morgan fingerprint density at radius 3 is 1.71 bits per heavy atom. The number of nitro benzene ring substituents is 1. The zero-order valence-corrected chi connectivity index (χ0v) is 34.1. The van der Waals surface area contributed by atoms with E-state index in [0.717, 1.165) is 44.3 Å². The number of H-pyrrole nitrogens is 2. The lowest BCUT2D eigenvalue weighted by Crippen LogP contribution is -2.37. The summed E-state index contributed by atoms with van der Waals surface area (Å²) in [7, 11) is 0. The molecule has 0 bridgehead atoms. The molecule has 3 N–H and O–H groups in total. The predicted octanol–water partition coefficient (Wildman–Crippen LogP) is 7.53. The predicted molar refractivity (Wildman–Crippen MR) is 231 cm³/mol. The van der Waals surface area contributed by atoms with Gasteiger partial charge in [-0.25, -0.2) is 24.4 Å². The summed E-state index contributed by atoms with van der Waals surface area (Å²) < 4.78 is 16.7. The van der Waals surface area contributed by atoms with Gasteiger partial charge >= 0.3 is 18.2 Å². The zero-order valence-electron chi connectivity index (χ0n) is 34.1. The maximum atomic E-state index is 13.1. The van der Waals surface area contributed by atoms with E-state index in [1.165, 1.54) is 24.3 Å². The van der Waals surface area contributed by atoms with E-state index in [-0.39, 0.29) is 49.2 Å². The number of non-ortho nitro benzene ring substituents is 1. The van der Waals surface area contributed by atoms with E-state index >= 15 is 0 Å². The number of fused-ring (bicyclic) bond motifs is 2. The first-order valence-electron chi connectivity index (χ1n) is 20.6. The van der Waals surface area contributed by atoms with Crippen LogP contribution in [0.25, 0.3) is 22.1 Å². The Kier molecular flexibility index (Phi) is 13.0. The van der Waals surface area contributed by atoms with Crippen molar-refractivity contribution in [3.8, 4) is 0 Å². The smallest absolute Gasteiger partial charge is 0.410 e. The average Bonchev–Trinajstić information content (AvgIpc) is 4.11. The van der Waals surface area contributed by atoms with Crippen LogP contribution in [-0.2, 0) is 40.3 Å². The summed E-state index contributed by atoms with van der Waals surface area (Å²) in [5, 5.41) is 23.0. The van der Waals surface area contributed by atoms with Gasteiger partial charge in [0.15, 0.2) is 0 Å². The number of benzene rings is 3. The third kappa shape index (κ3) is 10.3. The number of aromatic amines is 2. The van der Waals surface area contributed by atoms with Crippen LogP contribution in [0, 0.1) is 10.1 Å². The maximum absolute atomic E-state index is 13.1. The normalized spacial score (nSPS) is 18.2. The fourth-order valence-electron chi connectivity index (χ4n) is 8.10. The number of ether oxygens (including phenoxy) is 3. The van der Waals surface area contributed by atoms with Crippen molar-refractivity contribution in [1.82, 2.24) is 29.7 Å². The van der Waals surface area contributed by atoms with Crippen molar-refractivity contribution in [1.29, 1.82) is 0 Å². The lowest BCUT2D eigenvalue weighted by molar-refractivity contribution is -0.384. The Morgan fingerprint density at radius 2 is 1.19 bits per heavy atom. The summed E-state index contributed by atoms with van der Waals surface area (Å²) in [6.45, 7) is 0.847. The third-order valence-electron chi connectivity index (χ3n) is 11.2. The van der Waals surface area contributed by atoms with E-state index in [1.807, 2.05) is 97.3 Å². The number of rotatable bonds is 11. The molecular weight excluding hydrogens is 807 g/mol. The molecule has 2 amide bonds. The first-order chi connectivity index (χ1) is 30.7. The topological polar surface area (TPSA) is 206 Å². The van der Waals surface area contributed by atoms with Crippen molar-refractivity contribution in [2.24, 2.45) is 0 Å². The lowest BCUT2D eigenvalue weighted by atomic mass is 10.0. The van der Waals surface area contributed by atoms with Crippen LogP contribution in [-0.4, -0.2) is 95.3 Å². The van der Waals surface area contributed by atoms with Crippen LogP contribution in [0.15, 0.2) is 134 Å². The Labute approximate surface area is 361 Å². The molecule has 4 atom stereocenters. The van der Waals surface area contributed by atoms with Crippen molar-refractivity contribution >= 4 is 45.9 Å². The molecule has 2 aliphatic heterocycles. The van der Waals surface area contributed by atoms with E-state index in [1.54, 1.807) is 22.2 Å². The molecule has 2 fully saturated rings. The highest BCUT2D eigenvalue weighted by Gasteiger charge is 2.39. The van der Waals surface area contributed by atoms with Crippen LogP contribution in [0.2, 0.25) is 0 Å². The minimum Gasteiger partial charge on any atom is -0.457 e. The Bertz CT molecular complexity index is 2670. The van der Waals surface area contributed by atoms with E-state index in [4.69, 9.17) is 14.2 Å². The molecule has 16 nitrogen and oxygen atoms in total. The van der Waals surface area contributed by atoms with Gasteiger partial charge in [-0.05, 0) is 77.9 Å². The highest BCUT2D eigenvalue weighted by molar-refractivity contribution is 5.90. The molecule has 3 aromatic carbocycles. The van der Waals surface area contributed by atoms with Crippen LogP contribution in [0.1, 0.15) is 45.5 Å². The zero-order chi connectivity index (χ0) is 43.7.